The minimum Gasteiger partial charge on any atom is -0.380 e. The molecule has 1 saturated heterocycles. The molecule has 1 saturated carbocycles. The molecular formula is C17H33N3O4S. The van der Waals surface area contributed by atoms with Gasteiger partial charge in [0.1, 0.15) is 0 Å². The monoisotopic (exact) mass is 375 g/mol. The van der Waals surface area contributed by atoms with Crippen LogP contribution in [0, 0.1) is 5.92 Å². The summed E-state index contributed by atoms with van der Waals surface area (Å²) < 4.78 is 27.9. The first kappa shape index (κ1) is 20.8. The SMILES string of the molecule is CCCCOCCN1CCN(C(=O)C2CCC(NS(=O)O)CC2)CC1. The van der Waals surface area contributed by atoms with Gasteiger partial charge in [-0.3, -0.25) is 14.2 Å². The highest BCUT2D eigenvalue weighted by Gasteiger charge is 2.31. The Morgan fingerprint density at radius 1 is 1.16 bits per heavy atom. The third kappa shape index (κ3) is 7.30. The van der Waals surface area contributed by atoms with Crippen molar-refractivity contribution in [2.24, 2.45) is 5.92 Å². The number of carbonyl (C=O) groups excluding carboxylic acids is 1. The Kier molecular flexibility index (Phi) is 9.33. The van der Waals surface area contributed by atoms with Crippen LogP contribution in [0.1, 0.15) is 45.4 Å². The van der Waals surface area contributed by atoms with Crippen LogP contribution >= 0.6 is 0 Å². The van der Waals surface area contributed by atoms with E-state index >= 15 is 0 Å². The predicted molar refractivity (Wildman–Crippen MR) is 98.4 cm³/mol. The first-order valence-corrected chi connectivity index (χ1v) is 10.7. The van der Waals surface area contributed by atoms with Crippen LogP contribution in [-0.4, -0.2) is 76.4 Å². The Hall–Kier alpha value is -0.540. The van der Waals surface area contributed by atoms with E-state index in [9.17, 15) is 9.00 Å². The Bertz CT molecular complexity index is 422. The van der Waals surface area contributed by atoms with Crippen molar-refractivity contribution >= 4 is 17.2 Å². The molecule has 0 aromatic rings. The third-order valence-corrected chi connectivity index (χ3v) is 5.76. The summed E-state index contributed by atoms with van der Waals surface area (Å²) in [6, 6.07) is 0.0550. The number of rotatable bonds is 9. The lowest BCUT2D eigenvalue weighted by Crippen LogP contribution is -2.51. The Labute approximate surface area is 153 Å². The van der Waals surface area contributed by atoms with E-state index in [1.165, 1.54) is 0 Å². The molecule has 0 spiro atoms. The third-order valence-electron chi connectivity index (χ3n) is 5.22. The number of nitrogens with one attached hydrogen (secondary N) is 1. The molecule has 0 aromatic heterocycles. The number of ether oxygens (including phenoxy) is 1. The van der Waals surface area contributed by atoms with Crippen molar-refractivity contribution in [1.29, 1.82) is 0 Å². The average molecular weight is 376 g/mol. The summed E-state index contributed by atoms with van der Waals surface area (Å²) in [5, 5.41) is 0. The van der Waals surface area contributed by atoms with Gasteiger partial charge in [-0.25, -0.2) is 8.93 Å². The van der Waals surface area contributed by atoms with Gasteiger partial charge >= 0.3 is 0 Å². The summed E-state index contributed by atoms with van der Waals surface area (Å²) in [4.78, 5) is 17.0. The van der Waals surface area contributed by atoms with E-state index in [-0.39, 0.29) is 17.9 Å². The Balaban J connectivity index is 1.62. The van der Waals surface area contributed by atoms with E-state index in [2.05, 4.69) is 16.5 Å². The lowest BCUT2D eigenvalue weighted by Gasteiger charge is -2.37. The fourth-order valence-electron chi connectivity index (χ4n) is 3.59. The molecule has 7 nitrogen and oxygen atoms in total. The second-order valence-electron chi connectivity index (χ2n) is 7.05. The molecule has 0 bridgehead atoms. The van der Waals surface area contributed by atoms with Crippen molar-refractivity contribution in [3.05, 3.63) is 0 Å². The van der Waals surface area contributed by atoms with Crippen molar-refractivity contribution in [1.82, 2.24) is 14.5 Å². The van der Waals surface area contributed by atoms with Crippen molar-refractivity contribution in [2.45, 2.75) is 51.5 Å². The molecule has 1 aliphatic carbocycles. The molecule has 1 heterocycles. The molecule has 1 unspecified atom stereocenters. The molecule has 0 radical (unpaired) electrons. The summed E-state index contributed by atoms with van der Waals surface area (Å²) in [5.41, 5.74) is 0. The van der Waals surface area contributed by atoms with Crippen LogP contribution in [-0.2, 0) is 20.8 Å². The average Bonchev–Trinajstić information content (AvgIpc) is 2.62. The van der Waals surface area contributed by atoms with E-state index in [0.29, 0.717) is 0 Å². The van der Waals surface area contributed by atoms with Gasteiger partial charge in [0, 0.05) is 51.3 Å². The maximum absolute atomic E-state index is 12.7. The van der Waals surface area contributed by atoms with Crippen LogP contribution in [0.4, 0.5) is 0 Å². The molecule has 1 atom stereocenters. The zero-order valence-electron chi connectivity index (χ0n) is 15.3. The number of carbonyl (C=O) groups is 1. The van der Waals surface area contributed by atoms with Crippen molar-refractivity contribution in [2.75, 3.05) is 45.9 Å². The van der Waals surface area contributed by atoms with Gasteiger partial charge in [-0.2, -0.15) is 0 Å². The predicted octanol–water partition coefficient (Wildman–Crippen LogP) is 1.23. The fraction of sp³-hybridized carbons (Fsp3) is 0.941. The van der Waals surface area contributed by atoms with Crippen molar-refractivity contribution in [3.63, 3.8) is 0 Å². The topological polar surface area (TPSA) is 82.1 Å². The molecule has 8 heteroatoms. The molecular weight excluding hydrogens is 342 g/mol. The van der Waals surface area contributed by atoms with Crippen LogP contribution in [0.2, 0.25) is 0 Å². The van der Waals surface area contributed by atoms with Crippen LogP contribution in [0.15, 0.2) is 0 Å². The quantitative estimate of drug-likeness (QED) is 0.468. The van der Waals surface area contributed by atoms with Crippen molar-refractivity contribution in [3.8, 4) is 0 Å². The maximum Gasteiger partial charge on any atom is 0.231 e. The zero-order chi connectivity index (χ0) is 18.1. The van der Waals surface area contributed by atoms with Crippen LogP contribution in [0.3, 0.4) is 0 Å². The van der Waals surface area contributed by atoms with Crippen LogP contribution in [0.25, 0.3) is 0 Å². The molecule has 25 heavy (non-hydrogen) atoms. The molecule has 2 rings (SSSR count). The number of amides is 1. The van der Waals surface area contributed by atoms with Crippen LogP contribution < -0.4 is 4.72 Å². The number of unbranched alkanes of at least 4 members (excludes halogenated alkanes) is 1. The number of piperazine rings is 1. The van der Waals surface area contributed by atoms with Gasteiger partial charge in [-0.15, -0.1) is 0 Å². The minimum absolute atomic E-state index is 0.0550. The molecule has 2 aliphatic rings. The van der Waals surface area contributed by atoms with Gasteiger partial charge in [0.25, 0.3) is 0 Å². The maximum atomic E-state index is 12.7. The normalized spacial score (nSPS) is 26.6. The molecule has 0 aromatic carbocycles. The smallest absolute Gasteiger partial charge is 0.231 e. The number of hydrogen-bond acceptors (Lipinski definition) is 4. The van der Waals surface area contributed by atoms with Gasteiger partial charge < -0.3 is 9.64 Å². The van der Waals surface area contributed by atoms with E-state index < -0.39 is 11.3 Å². The van der Waals surface area contributed by atoms with Crippen LogP contribution in [0.5, 0.6) is 0 Å². The minimum atomic E-state index is -1.96. The van der Waals surface area contributed by atoms with E-state index in [1.807, 2.05) is 4.90 Å². The summed E-state index contributed by atoms with van der Waals surface area (Å²) >= 11 is -1.96. The highest BCUT2D eigenvalue weighted by molar-refractivity contribution is 7.77. The summed E-state index contributed by atoms with van der Waals surface area (Å²) in [6.07, 6.45) is 5.47. The molecule has 1 aliphatic heterocycles. The van der Waals surface area contributed by atoms with E-state index in [4.69, 9.17) is 9.29 Å². The van der Waals surface area contributed by atoms with Gasteiger partial charge in [-0.05, 0) is 32.1 Å². The zero-order valence-corrected chi connectivity index (χ0v) is 16.1. The lowest BCUT2D eigenvalue weighted by molar-refractivity contribution is -0.138. The molecule has 146 valence electrons. The first-order valence-electron chi connectivity index (χ1n) is 9.56. The number of hydrogen-bond donors (Lipinski definition) is 2. The van der Waals surface area contributed by atoms with Gasteiger partial charge in [-0.1, -0.05) is 13.3 Å². The lowest BCUT2D eigenvalue weighted by atomic mass is 9.85. The van der Waals surface area contributed by atoms with Gasteiger partial charge in [0.05, 0.1) is 6.61 Å². The highest BCUT2D eigenvalue weighted by atomic mass is 32.2. The fourth-order valence-corrected chi connectivity index (χ4v) is 4.11. The van der Waals surface area contributed by atoms with Gasteiger partial charge in [0.15, 0.2) is 0 Å². The Morgan fingerprint density at radius 2 is 1.84 bits per heavy atom. The van der Waals surface area contributed by atoms with E-state index in [1.54, 1.807) is 0 Å². The second kappa shape index (κ2) is 11.2. The standard InChI is InChI=1S/C17H33N3O4S/c1-2-3-13-24-14-12-19-8-10-20(11-9-19)17(21)15-4-6-16(7-5-15)18-25(22)23/h15-16,18H,2-14H2,1H3,(H,22,23). The molecule has 2 N–H and O–H groups in total. The molecule has 2 fully saturated rings. The van der Waals surface area contributed by atoms with Crippen molar-refractivity contribution < 1.29 is 18.3 Å². The second-order valence-corrected chi connectivity index (χ2v) is 7.78. The summed E-state index contributed by atoms with van der Waals surface area (Å²) in [5.74, 6) is 0.344. The Morgan fingerprint density at radius 3 is 2.44 bits per heavy atom. The number of nitrogens with zero attached hydrogens (tertiary/aromatic N) is 2. The highest BCUT2D eigenvalue weighted by Crippen LogP contribution is 2.26. The van der Waals surface area contributed by atoms with Gasteiger partial charge in [0.2, 0.25) is 17.2 Å². The van der Waals surface area contributed by atoms with E-state index in [0.717, 1.165) is 84.5 Å². The first-order chi connectivity index (χ1) is 12.1. The molecule has 1 amide bonds. The largest absolute Gasteiger partial charge is 0.380 e. The summed E-state index contributed by atoms with van der Waals surface area (Å²) in [7, 11) is 0. The summed E-state index contributed by atoms with van der Waals surface area (Å²) in [6.45, 7) is 8.16.